The van der Waals surface area contributed by atoms with Gasteiger partial charge in [-0.25, -0.2) is 14.4 Å². The predicted octanol–water partition coefficient (Wildman–Crippen LogP) is 9.73. The first-order valence-electron chi connectivity index (χ1n) is 24.0. The first kappa shape index (κ1) is 61.3. The molecule has 70 heavy (non-hydrogen) atoms. The molecule has 1 N–H and O–H groups in total. The third-order valence-corrected chi connectivity index (χ3v) is 11.1. The molecule has 14 nitrogen and oxygen atoms in total. The monoisotopic (exact) mass is 971 g/mol. The second-order valence-electron chi connectivity index (χ2n) is 17.1. The molecular weight excluding hydrogens is 893 g/mol. The van der Waals surface area contributed by atoms with Gasteiger partial charge < -0.3 is 38.6 Å². The van der Waals surface area contributed by atoms with E-state index in [1.54, 1.807) is 37.3 Å². The molecule has 2 amide bonds. The first-order chi connectivity index (χ1) is 33.3. The van der Waals surface area contributed by atoms with Crippen LogP contribution < -0.4 is 14.8 Å². The Morgan fingerprint density at radius 1 is 0.571 bits per heavy atom. The van der Waals surface area contributed by atoms with E-state index in [2.05, 4.69) is 12.2 Å². The smallest absolute Gasteiger partial charge is 0.330 e. The summed E-state index contributed by atoms with van der Waals surface area (Å²) in [6.07, 6.45) is 12.4. The zero-order chi connectivity index (χ0) is 52.5. The fraction of sp³-hybridized carbons (Fsp3) is 0.464. The minimum Gasteiger partial charge on any atom is -0.497 e. The molecule has 0 heterocycles. The molecule has 0 spiro atoms. The molecule has 0 aromatic heterocycles. The quantitative estimate of drug-likeness (QED) is 0.0369. The summed E-state index contributed by atoms with van der Waals surface area (Å²) in [7, 11) is 3.21. The molecule has 2 atom stereocenters. The highest BCUT2D eigenvalue weighted by molar-refractivity contribution is 5.88. The van der Waals surface area contributed by atoms with Crippen molar-refractivity contribution in [2.75, 3.05) is 53.7 Å². The first-order valence-corrected chi connectivity index (χ1v) is 24.0. The fourth-order valence-corrected chi connectivity index (χ4v) is 5.56. The van der Waals surface area contributed by atoms with Crippen LogP contribution in [0.15, 0.2) is 91.0 Å². The van der Waals surface area contributed by atoms with Gasteiger partial charge in [-0.1, -0.05) is 90.1 Å². The average molecular weight is 971 g/mol. The lowest BCUT2D eigenvalue weighted by Gasteiger charge is -2.28. The maximum absolute atomic E-state index is 12.3. The Hall–Kier alpha value is -6.70. The maximum atomic E-state index is 12.3. The molecule has 0 bridgehead atoms. The molecule has 0 saturated carbocycles. The number of hydrogen-bond donors (Lipinski definition) is 1. The van der Waals surface area contributed by atoms with Crippen molar-refractivity contribution in [1.29, 1.82) is 0 Å². The molecule has 384 valence electrons. The number of amides is 2. The number of rotatable bonds is 25. The Bertz CT molecular complexity index is 2110. The highest BCUT2D eigenvalue weighted by Crippen LogP contribution is 2.21. The van der Waals surface area contributed by atoms with Crippen molar-refractivity contribution in [1.82, 2.24) is 10.2 Å². The number of nitrogens with one attached hydrogen (secondary N) is 1. The molecule has 14 heteroatoms. The van der Waals surface area contributed by atoms with Crippen LogP contribution >= 0.6 is 0 Å². The summed E-state index contributed by atoms with van der Waals surface area (Å²) < 4.78 is 30.5. The predicted molar refractivity (Wildman–Crippen MR) is 276 cm³/mol. The van der Waals surface area contributed by atoms with Gasteiger partial charge in [-0.3, -0.25) is 14.4 Å². The summed E-state index contributed by atoms with van der Waals surface area (Å²) in [5, 5.41) is 2.72. The molecule has 0 aliphatic rings. The van der Waals surface area contributed by atoms with Crippen molar-refractivity contribution >= 4 is 53.9 Å². The van der Waals surface area contributed by atoms with Crippen LogP contribution in [-0.4, -0.2) is 100 Å². The van der Waals surface area contributed by atoms with E-state index in [9.17, 15) is 28.8 Å². The summed E-state index contributed by atoms with van der Waals surface area (Å²) in [6, 6.07) is 22.7. The summed E-state index contributed by atoms with van der Waals surface area (Å²) in [6.45, 7) is 20.5. The van der Waals surface area contributed by atoms with Crippen LogP contribution in [-0.2, 0) is 54.1 Å². The van der Waals surface area contributed by atoms with Gasteiger partial charge in [0.2, 0.25) is 11.8 Å². The van der Waals surface area contributed by atoms with Gasteiger partial charge in [0.05, 0.1) is 32.7 Å². The summed E-state index contributed by atoms with van der Waals surface area (Å²) in [4.78, 5) is 72.2. The van der Waals surface area contributed by atoms with Gasteiger partial charge in [0, 0.05) is 36.1 Å². The lowest BCUT2D eigenvalue weighted by molar-refractivity contribution is -0.157. The van der Waals surface area contributed by atoms with Gasteiger partial charge in [0.15, 0.2) is 0 Å². The van der Waals surface area contributed by atoms with Crippen LogP contribution in [0.25, 0.3) is 18.2 Å². The van der Waals surface area contributed by atoms with Crippen LogP contribution in [0.1, 0.15) is 111 Å². The van der Waals surface area contributed by atoms with Crippen LogP contribution in [0.5, 0.6) is 11.5 Å². The molecule has 2 unspecified atom stereocenters. The maximum Gasteiger partial charge on any atom is 0.330 e. The molecule has 3 rings (SSSR count). The second kappa shape index (κ2) is 34.6. The van der Waals surface area contributed by atoms with Crippen molar-refractivity contribution in [3.05, 3.63) is 113 Å². The summed E-state index contributed by atoms with van der Waals surface area (Å²) >= 11 is 0. The van der Waals surface area contributed by atoms with Crippen LogP contribution in [0.2, 0.25) is 0 Å². The number of methoxy groups -OCH3 is 2. The average Bonchev–Trinajstić information content (AvgIpc) is 3.37. The molecule has 0 aliphatic carbocycles. The van der Waals surface area contributed by atoms with Crippen molar-refractivity contribution in [3.63, 3.8) is 0 Å². The summed E-state index contributed by atoms with van der Waals surface area (Å²) in [5.41, 5.74) is 3.45. The van der Waals surface area contributed by atoms with Crippen LogP contribution in [0.3, 0.4) is 0 Å². The number of aryl methyl sites for hydroxylation is 1. The van der Waals surface area contributed by atoms with E-state index in [-0.39, 0.29) is 62.1 Å². The SMILES string of the molecule is CCC(C)C(=O)N(CCOC(=O)/C=C/c1ccc(OC)cc1)C(C)C.CCC(C)C(=O)NCCOC(=O)/C=C/c1ccc(OC)cc1.CCc1ccc(/C=C/C(=O)OCCOC(=O)C(C)(C)CC)cc1. The number of esters is 4. The Morgan fingerprint density at radius 2 is 0.986 bits per heavy atom. The van der Waals surface area contributed by atoms with Crippen LogP contribution in [0.4, 0.5) is 0 Å². The Labute approximate surface area is 416 Å². The Balaban J connectivity index is 0.000000526. The normalized spacial score (nSPS) is 11.9. The largest absolute Gasteiger partial charge is 0.497 e. The van der Waals surface area contributed by atoms with E-state index < -0.39 is 23.3 Å². The highest BCUT2D eigenvalue weighted by atomic mass is 16.6. The molecule has 0 saturated heterocycles. The minimum absolute atomic E-state index is 0.0203. The van der Waals surface area contributed by atoms with E-state index in [0.29, 0.717) is 19.5 Å². The minimum atomic E-state index is -0.505. The van der Waals surface area contributed by atoms with Gasteiger partial charge in [0.25, 0.3) is 0 Å². The summed E-state index contributed by atoms with van der Waals surface area (Å²) in [5.74, 6) is -0.0215. The molecule has 0 radical (unpaired) electrons. The zero-order valence-corrected chi connectivity index (χ0v) is 43.5. The Morgan fingerprint density at radius 3 is 1.39 bits per heavy atom. The van der Waals surface area contributed by atoms with Gasteiger partial charge in [0.1, 0.15) is 37.9 Å². The molecular formula is C56H78N2O12. The van der Waals surface area contributed by atoms with Crippen molar-refractivity contribution in [2.45, 2.75) is 101 Å². The molecule has 3 aromatic carbocycles. The molecule has 3 aromatic rings. The number of nitrogens with zero attached hydrogens (tertiary/aromatic N) is 1. The van der Waals surface area contributed by atoms with Crippen molar-refractivity contribution < 1.29 is 57.2 Å². The van der Waals surface area contributed by atoms with Crippen molar-refractivity contribution in [2.24, 2.45) is 17.3 Å². The lowest BCUT2D eigenvalue weighted by atomic mass is 9.91. The highest BCUT2D eigenvalue weighted by Gasteiger charge is 2.27. The van der Waals surface area contributed by atoms with Gasteiger partial charge >= 0.3 is 23.9 Å². The van der Waals surface area contributed by atoms with Crippen molar-refractivity contribution in [3.8, 4) is 11.5 Å². The third-order valence-electron chi connectivity index (χ3n) is 11.1. The Kier molecular flexibility index (Phi) is 30.3. The number of benzene rings is 3. The topological polar surface area (TPSA) is 173 Å². The lowest BCUT2D eigenvalue weighted by Crippen LogP contribution is -2.42. The van der Waals surface area contributed by atoms with E-state index >= 15 is 0 Å². The van der Waals surface area contributed by atoms with Gasteiger partial charge in [-0.2, -0.15) is 0 Å². The third kappa shape index (κ3) is 25.6. The standard InChI is InChI=1S/C20H29NO4.C19H26O4.C17H23NO4/c1-6-16(4)20(23)21(15(2)3)13-14-25-19(22)12-9-17-7-10-18(24-5)11-8-17;1-5-15-7-9-16(10-8-15)11-12-17(20)22-13-14-23-18(21)19(3,4)6-2;1-4-13(2)17(20)18-11-12-22-16(19)10-7-14-5-8-15(21-3)9-6-14/h7-12,15-16H,6,13-14H2,1-5H3;7-12H,5-6,13-14H2,1-4H3;5-10,13H,4,11-12H2,1-3H3,(H,18,20)/b12-9+;12-11+;10-7+. The van der Waals surface area contributed by atoms with E-state index in [4.69, 9.17) is 28.4 Å². The number of carbonyl (C=O) groups is 6. The molecule has 0 fully saturated rings. The van der Waals surface area contributed by atoms with E-state index in [1.807, 2.05) is 135 Å². The van der Waals surface area contributed by atoms with E-state index in [1.165, 1.54) is 23.8 Å². The second-order valence-corrected chi connectivity index (χ2v) is 17.1. The van der Waals surface area contributed by atoms with Gasteiger partial charge in [-0.05, 0) is 118 Å². The number of hydrogen-bond acceptors (Lipinski definition) is 12. The van der Waals surface area contributed by atoms with E-state index in [0.717, 1.165) is 47.5 Å². The van der Waals surface area contributed by atoms with Crippen LogP contribution in [0, 0.1) is 17.3 Å². The zero-order valence-electron chi connectivity index (χ0n) is 43.5. The molecule has 0 aliphatic heterocycles. The fourth-order valence-electron chi connectivity index (χ4n) is 5.56. The number of carbonyl (C=O) groups excluding carboxylic acids is 6. The van der Waals surface area contributed by atoms with Gasteiger partial charge in [-0.15, -0.1) is 0 Å². The number of ether oxygens (including phenoxy) is 6.